The molecule has 4 heteroatoms. The SMILES string of the molecule is C#CC(C)(O)CCC=C(C)C.NC(=O)O. The quantitative estimate of drug-likeness (QED) is 0.493. The number of nitrogens with two attached hydrogens (primary N) is 1. The minimum Gasteiger partial charge on any atom is -0.465 e. The Morgan fingerprint density at radius 1 is 1.60 bits per heavy atom. The second kappa shape index (κ2) is 7.89. The average molecular weight is 213 g/mol. The van der Waals surface area contributed by atoms with Crippen molar-refractivity contribution in [2.24, 2.45) is 5.73 Å². The summed E-state index contributed by atoms with van der Waals surface area (Å²) in [6.45, 7) is 5.72. The average Bonchev–Trinajstić information content (AvgIpc) is 2.02. The molecule has 0 bridgehead atoms. The van der Waals surface area contributed by atoms with Gasteiger partial charge in [0.2, 0.25) is 0 Å². The third-order valence-electron chi connectivity index (χ3n) is 1.49. The summed E-state index contributed by atoms with van der Waals surface area (Å²) in [4.78, 5) is 8.78. The van der Waals surface area contributed by atoms with Gasteiger partial charge in [0.15, 0.2) is 0 Å². The lowest BCUT2D eigenvalue weighted by atomic mass is 10.0. The van der Waals surface area contributed by atoms with Gasteiger partial charge in [-0.05, 0) is 33.6 Å². The van der Waals surface area contributed by atoms with E-state index in [0.717, 1.165) is 6.42 Å². The number of carbonyl (C=O) groups is 1. The lowest BCUT2D eigenvalue weighted by molar-refractivity contribution is 0.113. The van der Waals surface area contributed by atoms with Crippen molar-refractivity contribution in [2.45, 2.75) is 39.2 Å². The second-order valence-corrected chi connectivity index (χ2v) is 3.58. The van der Waals surface area contributed by atoms with Gasteiger partial charge in [-0.2, -0.15) is 0 Å². The minimum absolute atomic E-state index is 0.634. The van der Waals surface area contributed by atoms with Gasteiger partial charge in [0.1, 0.15) is 5.60 Å². The van der Waals surface area contributed by atoms with E-state index in [9.17, 15) is 5.11 Å². The van der Waals surface area contributed by atoms with Crippen LogP contribution in [0, 0.1) is 12.3 Å². The number of rotatable bonds is 3. The van der Waals surface area contributed by atoms with Crippen molar-refractivity contribution < 1.29 is 15.0 Å². The fourth-order valence-electron chi connectivity index (χ4n) is 0.714. The maximum atomic E-state index is 9.37. The maximum absolute atomic E-state index is 9.37. The highest BCUT2D eigenvalue weighted by atomic mass is 16.4. The Hall–Kier alpha value is -1.47. The highest BCUT2D eigenvalue weighted by Crippen LogP contribution is 2.11. The first-order valence-corrected chi connectivity index (χ1v) is 4.53. The molecule has 0 fully saturated rings. The van der Waals surface area contributed by atoms with E-state index in [0.29, 0.717) is 6.42 Å². The zero-order chi connectivity index (χ0) is 12.5. The molecule has 0 radical (unpaired) electrons. The number of hydrogen-bond acceptors (Lipinski definition) is 2. The Bertz CT molecular complexity index is 253. The Balaban J connectivity index is 0. The molecule has 86 valence electrons. The molecule has 0 aromatic heterocycles. The van der Waals surface area contributed by atoms with Gasteiger partial charge in [0.05, 0.1) is 0 Å². The number of amides is 1. The van der Waals surface area contributed by atoms with Crippen molar-refractivity contribution in [3.63, 3.8) is 0 Å². The monoisotopic (exact) mass is 213 g/mol. The first-order valence-electron chi connectivity index (χ1n) is 4.53. The first kappa shape index (κ1) is 16.0. The Labute approximate surface area is 90.8 Å². The highest BCUT2D eigenvalue weighted by molar-refractivity contribution is 5.61. The predicted octanol–water partition coefficient (Wildman–Crippen LogP) is 1.74. The van der Waals surface area contributed by atoms with Crippen molar-refractivity contribution in [3.05, 3.63) is 11.6 Å². The zero-order valence-electron chi connectivity index (χ0n) is 9.45. The van der Waals surface area contributed by atoms with E-state index in [-0.39, 0.29) is 0 Å². The molecule has 0 aromatic carbocycles. The molecule has 0 spiro atoms. The molecule has 0 saturated carbocycles. The van der Waals surface area contributed by atoms with E-state index in [2.05, 4.69) is 17.7 Å². The van der Waals surface area contributed by atoms with Gasteiger partial charge in [-0.1, -0.05) is 17.6 Å². The third kappa shape index (κ3) is 19.1. The lowest BCUT2D eigenvalue weighted by Crippen LogP contribution is -2.20. The van der Waals surface area contributed by atoms with Crippen molar-refractivity contribution >= 4 is 6.09 Å². The molecular formula is C11H19NO3. The van der Waals surface area contributed by atoms with Crippen molar-refractivity contribution in [2.75, 3.05) is 0 Å². The Morgan fingerprint density at radius 2 is 2.00 bits per heavy atom. The van der Waals surface area contributed by atoms with E-state index in [4.69, 9.17) is 16.3 Å². The molecule has 0 aliphatic rings. The summed E-state index contributed by atoms with van der Waals surface area (Å²) >= 11 is 0. The Kier molecular flexibility index (Phi) is 8.40. The molecular weight excluding hydrogens is 194 g/mol. The van der Waals surface area contributed by atoms with Crippen molar-refractivity contribution in [1.29, 1.82) is 0 Å². The summed E-state index contributed by atoms with van der Waals surface area (Å²) in [7, 11) is 0. The zero-order valence-corrected chi connectivity index (χ0v) is 9.45. The van der Waals surface area contributed by atoms with Crippen LogP contribution in [0.2, 0.25) is 0 Å². The molecule has 4 N–H and O–H groups in total. The minimum atomic E-state index is -1.33. The number of carboxylic acid groups (broad SMARTS) is 1. The van der Waals surface area contributed by atoms with E-state index >= 15 is 0 Å². The largest absolute Gasteiger partial charge is 0.465 e. The lowest BCUT2D eigenvalue weighted by Gasteiger charge is -2.13. The van der Waals surface area contributed by atoms with Crippen LogP contribution in [-0.2, 0) is 0 Å². The van der Waals surface area contributed by atoms with Crippen molar-refractivity contribution in [1.82, 2.24) is 0 Å². The molecule has 4 nitrogen and oxygen atoms in total. The number of allylic oxidation sites excluding steroid dienone is 2. The summed E-state index contributed by atoms with van der Waals surface area (Å²) in [5, 5.41) is 16.6. The number of primary amides is 1. The molecule has 1 unspecified atom stereocenters. The third-order valence-corrected chi connectivity index (χ3v) is 1.49. The number of aliphatic hydroxyl groups is 1. The smallest absolute Gasteiger partial charge is 0.402 e. The fourth-order valence-corrected chi connectivity index (χ4v) is 0.714. The van der Waals surface area contributed by atoms with Crippen molar-refractivity contribution in [3.8, 4) is 12.3 Å². The molecule has 0 saturated heterocycles. The maximum Gasteiger partial charge on any atom is 0.402 e. The van der Waals surface area contributed by atoms with Gasteiger partial charge in [0, 0.05) is 0 Å². The Morgan fingerprint density at radius 3 is 2.27 bits per heavy atom. The van der Waals surface area contributed by atoms with Gasteiger partial charge in [0.25, 0.3) is 0 Å². The predicted molar refractivity (Wildman–Crippen MR) is 60.3 cm³/mol. The molecule has 0 aromatic rings. The summed E-state index contributed by atoms with van der Waals surface area (Å²) < 4.78 is 0. The molecule has 15 heavy (non-hydrogen) atoms. The van der Waals surface area contributed by atoms with Crippen LogP contribution >= 0.6 is 0 Å². The molecule has 1 atom stereocenters. The van der Waals surface area contributed by atoms with Gasteiger partial charge in [-0.25, -0.2) is 4.79 Å². The number of hydrogen-bond donors (Lipinski definition) is 3. The summed E-state index contributed by atoms with van der Waals surface area (Å²) in [5.74, 6) is 2.34. The van der Waals surface area contributed by atoms with Gasteiger partial charge < -0.3 is 15.9 Å². The van der Waals surface area contributed by atoms with Crippen LogP contribution in [0.5, 0.6) is 0 Å². The van der Waals surface area contributed by atoms with Crippen LogP contribution in [0.1, 0.15) is 33.6 Å². The van der Waals surface area contributed by atoms with E-state index in [1.807, 2.05) is 13.8 Å². The highest BCUT2D eigenvalue weighted by Gasteiger charge is 2.13. The summed E-state index contributed by atoms with van der Waals surface area (Å²) in [6.07, 6.45) is 7.32. The normalized spacial score (nSPS) is 12.5. The van der Waals surface area contributed by atoms with E-state index in [1.54, 1.807) is 6.92 Å². The van der Waals surface area contributed by atoms with Crippen LogP contribution in [-0.4, -0.2) is 21.9 Å². The molecule has 0 aliphatic heterocycles. The van der Waals surface area contributed by atoms with E-state index in [1.165, 1.54) is 5.57 Å². The molecule has 0 heterocycles. The summed E-state index contributed by atoms with van der Waals surface area (Å²) in [5.41, 5.74) is 4.35. The standard InChI is InChI=1S/C10H16O.CH3NO2/c1-5-10(4,11)8-6-7-9(2)3;2-1(3)4/h1,7,11H,6,8H2,2-4H3;2H2,(H,3,4). The van der Waals surface area contributed by atoms with Crippen LogP contribution in [0.4, 0.5) is 4.79 Å². The fraction of sp³-hybridized carbons (Fsp3) is 0.545. The molecule has 0 rings (SSSR count). The van der Waals surface area contributed by atoms with Gasteiger partial charge in [-0.15, -0.1) is 6.42 Å². The summed E-state index contributed by atoms with van der Waals surface area (Å²) in [6, 6.07) is 0. The van der Waals surface area contributed by atoms with Gasteiger partial charge >= 0.3 is 6.09 Å². The topological polar surface area (TPSA) is 83.5 Å². The first-order chi connectivity index (χ1) is 6.71. The second-order valence-electron chi connectivity index (χ2n) is 3.58. The van der Waals surface area contributed by atoms with Gasteiger partial charge in [-0.3, -0.25) is 0 Å². The van der Waals surface area contributed by atoms with Crippen LogP contribution < -0.4 is 5.73 Å². The van der Waals surface area contributed by atoms with E-state index < -0.39 is 11.7 Å². The molecule has 0 aliphatic carbocycles. The number of terminal acetylenes is 1. The van der Waals surface area contributed by atoms with Crippen LogP contribution in [0.3, 0.4) is 0 Å². The van der Waals surface area contributed by atoms with Crippen LogP contribution in [0.25, 0.3) is 0 Å². The van der Waals surface area contributed by atoms with Crippen LogP contribution in [0.15, 0.2) is 11.6 Å². The molecule has 1 amide bonds.